The summed E-state index contributed by atoms with van der Waals surface area (Å²) in [5.74, 6) is 0.799. The van der Waals surface area contributed by atoms with E-state index < -0.39 is 0 Å². The summed E-state index contributed by atoms with van der Waals surface area (Å²) in [6, 6.07) is 13.5. The molecule has 1 amide bonds. The molecule has 0 aliphatic carbocycles. The minimum Gasteiger partial charge on any atom is -0.419 e. The fourth-order valence-corrected chi connectivity index (χ4v) is 3.61. The van der Waals surface area contributed by atoms with Crippen molar-refractivity contribution in [1.29, 1.82) is 0 Å². The lowest BCUT2D eigenvalue weighted by Crippen LogP contribution is -2.38. The van der Waals surface area contributed by atoms with Crippen molar-refractivity contribution >= 4 is 17.5 Å². The Morgan fingerprint density at radius 1 is 1.16 bits per heavy atom. The topological polar surface area (TPSA) is 71.3 Å². The van der Waals surface area contributed by atoms with Gasteiger partial charge in [0, 0.05) is 0 Å². The fraction of sp³-hybridized carbons (Fsp3) is 0.375. The largest absolute Gasteiger partial charge is 0.419 e. The average Bonchev–Trinajstić information content (AvgIpc) is 3.18. The second kappa shape index (κ2) is 10.6. The lowest BCUT2D eigenvalue weighted by atomic mass is 10.0. The van der Waals surface area contributed by atoms with E-state index in [4.69, 9.17) is 16.0 Å². The molecule has 0 aliphatic heterocycles. The van der Waals surface area contributed by atoms with E-state index in [1.165, 1.54) is 11.1 Å². The van der Waals surface area contributed by atoms with Crippen LogP contribution < -0.4 is 5.32 Å². The maximum absolute atomic E-state index is 12.7. The van der Waals surface area contributed by atoms with Gasteiger partial charge in [0.1, 0.15) is 0 Å². The van der Waals surface area contributed by atoms with Gasteiger partial charge in [-0.2, -0.15) is 0 Å². The number of hydrogen-bond donors (Lipinski definition) is 1. The number of hydrogen-bond acceptors (Lipinski definition) is 5. The van der Waals surface area contributed by atoms with E-state index in [1.54, 1.807) is 6.07 Å². The summed E-state index contributed by atoms with van der Waals surface area (Å²) >= 11 is 6.22. The number of carbonyl (C=O) groups excluding carboxylic acids is 1. The number of rotatable bonds is 9. The van der Waals surface area contributed by atoms with Gasteiger partial charge in [-0.1, -0.05) is 48.9 Å². The van der Waals surface area contributed by atoms with E-state index >= 15 is 0 Å². The monoisotopic (exact) mass is 440 g/mol. The molecule has 0 radical (unpaired) electrons. The Morgan fingerprint density at radius 3 is 2.65 bits per heavy atom. The zero-order valence-electron chi connectivity index (χ0n) is 18.5. The minimum atomic E-state index is -0.0643. The molecular formula is C24H29ClN4O2. The molecule has 7 heteroatoms. The number of benzene rings is 2. The van der Waals surface area contributed by atoms with E-state index in [2.05, 4.69) is 54.5 Å². The summed E-state index contributed by atoms with van der Waals surface area (Å²) in [5.41, 5.74) is 4.26. The van der Waals surface area contributed by atoms with Crippen LogP contribution in [0.4, 0.5) is 0 Å². The number of aryl methyl sites for hydroxylation is 2. The van der Waals surface area contributed by atoms with Crippen LogP contribution >= 0.6 is 11.6 Å². The molecule has 0 fully saturated rings. The summed E-state index contributed by atoms with van der Waals surface area (Å²) in [6.45, 7) is 9.64. The first-order valence-corrected chi connectivity index (χ1v) is 10.9. The van der Waals surface area contributed by atoms with Gasteiger partial charge in [0.25, 0.3) is 0 Å². The average molecular weight is 441 g/mol. The van der Waals surface area contributed by atoms with Crippen LogP contribution in [0.5, 0.6) is 0 Å². The molecule has 0 saturated heterocycles. The molecule has 0 bridgehead atoms. The third-order valence-corrected chi connectivity index (χ3v) is 5.58. The molecule has 0 aliphatic rings. The van der Waals surface area contributed by atoms with Crippen LogP contribution in [-0.4, -0.2) is 34.1 Å². The quantitative estimate of drug-likeness (QED) is 0.501. The molecule has 2 aromatic carbocycles. The smallest absolute Gasteiger partial charge is 0.249 e. The molecule has 3 rings (SSSR count). The van der Waals surface area contributed by atoms with Crippen LogP contribution in [0.3, 0.4) is 0 Å². The zero-order valence-corrected chi connectivity index (χ0v) is 19.2. The third kappa shape index (κ3) is 6.15. The molecule has 1 aromatic heterocycles. The Morgan fingerprint density at radius 2 is 1.94 bits per heavy atom. The van der Waals surface area contributed by atoms with Crippen LogP contribution in [0, 0.1) is 13.8 Å². The van der Waals surface area contributed by atoms with Gasteiger partial charge in [0.2, 0.25) is 17.7 Å². The van der Waals surface area contributed by atoms with E-state index in [1.807, 2.05) is 30.0 Å². The van der Waals surface area contributed by atoms with Gasteiger partial charge in [0.05, 0.1) is 29.7 Å². The number of nitrogens with one attached hydrogen (secondary N) is 1. The van der Waals surface area contributed by atoms with Gasteiger partial charge in [-0.3, -0.25) is 9.69 Å². The van der Waals surface area contributed by atoms with Gasteiger partial charge < -0.3 is 9.73 Å². The predicted octanol–water partition coefficient (Wildman–Crippen LogP) is 5.10. The maximum atomic E-state index is 12.7. The first-order chi connectivity index (χ1) is 14.9. The van der Waals surface area contributed by atoms with E-state index in [0.717, 1.165) is 18.5 Å². The minimum absolute atomic E-state index is 0.0370. The van der Waals surface area contributed by atoms with Gasteiger partial charge in [0.15, 0.2) is 0 Å². The number of nitrogens with zero attached hydrogens (tertiary/aromatic N) is 3. The van der Waals surface area contributed by atoms with Crippen molar-refractivity contribution in [2.75, 3.05) is 13.1 Å². The summed E-state index contributed by atoms with van der Waals surface area (Å²) in [5, 5.41) is 11.9. The number of aromatic nitrogens is 2. The van der Waals surface area contributed by atoms with Crippen molar-refractivity contribution in [3.05, 3.63) is 70.1 Å². The molecule has 164 valence electrons. The predicted molar refractivity (Wildman–Crippen MR) is 123 cm³/mol. The SMILES string of the molecule is CCCN(CC(=O)NC(C)c1ccc(C)c(C)c1)Cc1nnc(-c2ccccc2Cl)o1. The zero-order chi connectivity index (χ0) is 22.4. The number of carbonyl (C=O) groups is 1. The Balaban J connectivity index is 1.62. The Kier molecular flexibility index (Phi) is 7.82. The molecular weight excluding hydrogens is 412 g/mol. The molecule has 1 heterocycles. The lowest BCUT2D eigenvalue weighted by molar-refractivity contribution is -0.123. The Bertz CT molecular complexity index is 1030. The van der Waals surface area contributed by atoms with Crippen molar-refractivity contribution < 1.29 is 9.21 Å². The summed E-state index contributed by atoms with van der Waals surface area (Å²) in [4.78, 5) is 14.7. The van der Waals surface area contributed by atoms with Gasteiger partial charge >= 0.3 is 0 Å². The number of amides is 1. The molecule has 1 N–H and O–H groups in total. The molecule has 1 atom stereocenters. The normalized spacial score (nSPS) is 12.2. The van der Waals surface area contributed by atoms with Crippen LogP contribution in [0.1, 0.15) is 48.9 Å². The highest BCUT2D eigenvalue weighted by atomic mass is 35.5. The molecule has 31 heavy (non-hydrogen) atoms. The van der Waals surface area contributed by atoms with Crippen molar-refractivity contribution in [3.63, 3.8) is 0 Å². The second-order valence-corrected chi connectivity index (χ2v) is 8.23. The molecule has 0 spiro atoms. The van der Waals surface area contributed by atoms with Crippen LogP contribution in [0.2, 0.25) is 5.02 Å². The van der Waals surface area contributed by atoms with E-state index in [0.29, 0.717) is 28.9 Å². The molecule has 0 saturated carbocycles. The summed E-state index contributed by atoms with van der Waals surface area (Å²) in [6.07, 6.45) is 0.908. The Hall–Kier alpha value is -2.70. The highest BCUT2D eigenvalue weighted by Crippen LogP contribution is 2.26. The van der Waals surface area contributed by atoms with Crippen molar-refractivity contribution in [2.24, 2.45) is 0 Å². The standard InChI is InChI=1S/C24H29ClN4O2/c1-5-12-29(14-22(30)26-18(4)19-11-10-16(2)17(3)13-19)15-23-27-28-24(31-23)20-8-6-7-9-21(20)25/h6-11,13,18H,5,12,14-15H2,1-4H3,(H,26,30). The molecule has 3 aromatic rings. The third-order valence-electron chi connectivity index (χ3n) is 5.25. The first kappa shape index (κ1) is 23.0. The second-order valence-electron chi connectivity index (χ2n) is 7.82. The maximum Gasteiger partial charge on any atom is 0.249 e. The summed E-state index contributed by atoms with van der Waals surface area (Å²) in [7, 11) is 0. The van der Waals surface area contributed by atoms with Gasteiger partial charge in [-0.05, 0) is 62.6 Å². The van der Waals surface area contributed by atoms with Crippen LogP contribution in [0.15, 0.2) is 46.9 Å². The first-order valence-electron chi connectivity index (χ1n) is 10.5. The van der Waals surface area contributed by atoms with Gasteiger partial charge in [-0.15, -0.1) is 10.2 Å². The lowest BCUT2D eigenvalue weighted by Gasteiger charge is -2.21. The van der Waals surface area contributed by atoms with Crippen LogP contribution in [0.25, 0.3) is 11.5 Å². The van der Waals surface area contributed by atoms with E-state index in [-0.39, 0.29) is 18.5 Å². The van der Waals surface area contributed by atoms with E-state index in [9.17, 15) is 4.79 Å². The summed E-state index contributed by atoms with van der Waals surface area (Å²) < 4.78 is 5.80. The highest BCUT2D eigenvalue weighted by molar-refractivity contribution is 6.33. The Labute approximate surface area is 188 Å². The van der Waals surface area contributed by atoms with Crippen molar-refractivity contribution in [3.8, 4) is 11.5 Å². The van der Waals surface area contributed by atoms with Crippen LogP contribution in [-0.2, 0) is 11.3 Å². The van der Waals surface area contributed by atoms with Crippen molar-refractivity contribution in [2.45, 2.75) is 46.7 Å². The fourth-order valence-electron chi connectivity index (χ4n) is 3.39. The van der Waals surface area contributed by atoms with Gasteiger partial charge in [-0.25, -0.2) is 0 Å². The number of halogens is 1. The highest BCUT2D eigenvalue weighted by Gasteiger charge is 2.18. The van der Waals surface area contributed by atoms with Crippen molar-refractivity contribution in [1.82, 2.24) is 20.4 Å². The molecule has 1 unspecified atom stereocenters. The molecule has 6 nitrogen and oxygen atoms in total.